The van der Waals surface area contributed by atoms with Crippen molar-refractivity contribution in [3.63, 3.8) is 0 Å². The number of rotatable bonds is 7. The van der Waals surface area contributed by atoms with Crippen LogP contribution in [-0.2, 0) is 14.3 Å². The molecule has 0 aliphatic heterocycles. The lowest BCUT2D eigenvalue weighted by atomic mass is 10.2. The zero-order valence-electron chi connectivity index (χ0n) is 7.53. The molecule has 0 spiro atoms. The van der Waals surface area contributed by atoms with E-state index in [0.29, 0.717) is 6.47 Å². The Morgan fingerprint density at radius 3 is 2.42 bits per heavy atom. The van der Waals surface area contributed by atoms with Crippen LogP contribution in [0.3, 0.4) is 0 Å². The van der Waals surface area contributed by atoms with Crippen molar-refractivity contribution in [1.29, 1.82) is 0 Å². The molecule has 0 fully saturated rings. The van der Waals surface area contributed by atoms with Crippen molar-refractivity contribution in [2.24, 2.45) is 0 Å². The van der Waals surface area contributed by atoms with Crippen molar-refractivity contribution in [2.75, 3.05) is 6.61 Å². The second-order valence-corrected chi connectivity index (χ2v) is 2.46. The van der Waals surface area contributed by atoms with Crippen LogP contribution in [0.5, 0.6) is 0 Å². The van der Waals surface area contributed by atoms with Crippen molar-refractivity contribution in [2.45, 2.75) is 39.1 Å². The summed E-state index contributed by atoms with van der Waals surface area (Å²) in [6.07, 6.45) is 0.721. The van der Waals surface area contributed by atoms with E-state index in [2.05, 4.69) is 4.74 Å². The standard InChI is InChI=1S/C8H16O4/c1-3-7(4-2)12-8(10)5-11-6-9/h6-8,10H,3-5H2,1-2H3. The number of hydrogen-bond acceptors (Lipinski definition) is 4. The van der Waals surface area contributed by atoms with E-state index in [9.17, 15) is 4.79 Å². The Kier molecular flexibility index (Phi) is 6.70. The van der Waals surface area contributed by atoms with Crippen LogP contribution in [0.15, 0.2) is 0 Å². The molecule has 0 heterocycles. The maximum Gasteiger partial charge on any atom is 0.293 e. The van der Waals surface area contributed by atoms with Gasteiger partial charge in [-0.25, -0.2) is 0 Å². The Morgan fingerprint density at radius 1 is 1.42 bits per heavy atom. The molecule has 4 nitrogen and oxygen atoms in total. The topological polar surface area (TPSA) is 55.8 Å². The quantitative estimate of drug-likeness (QED) is 0.458. The number of ether oxygens (including phenoxy) is 2. The lowest BCUT2D eigenvalue weighted by molar-refractivity contribution is -0.171. The van der Waals surface area contributed by atoms with E-state index in [1.807, 2.05) is 13.8 Å². The van der Waals surface area contributed by atoms with Gasteiger partial charge in [0.2, 0.25) is 0 Å². The normalized spacial score (nSPS) is 13.0. The van der Waals surface area contributed by atoms with Gasteiger partial charge in [-0.1, -0.05) is 13.8 Å². The largest absolute Gasteiger partial charge is 0.462 e. The van der Waals surface area contributed by atoms with Gasteiger partial charge in [-0.3, -0.25) is 4.79 Å². The molecule has 0 saturated heterocycles. The van der Waals surface area contributed by atoms with Gasteiger partial charge in [0.05, 0.1) is 6.10 Å². The second-order valence-electron chi connectivity index (χ2n) is 2.46. The summed E-state index contributed by atoms with van der Waals surface area (Å²) < 4.78 is 9.45. The highest BCUT2D eigenvalue weighted by atomic mass is 16.6. The molecule has 0 aromatic carbocycles. The maximum absolute atomic E-state index is 9.75. The fourth-order valence-corrected chi connectivity index (χ4v) is 0.864. The molecule has 0 aromatic heterocycles. The fourth-order valence-electron chi connectivity index (χ4n) is 0.864. The minimum atomic E-state index is -1.000. The number of hydrogen-bond donors (Lipinski definition) is 1. The van der Waals surface area contributed by atoms with Crippen LogP contribution < -0.4 is 0 Å². The highest BCUT2D eigenvalue weighted by Gasteiger charge is 2.10. The third-order valence-electron chi connectivity index (χ3n) is 1.57. The monoisotopic (exact) mass is 176 g/mol. The van der Waals surface area contributed by atoms with Gasteiger partial charge >= 0.3 is 0 Å². The van der Waals surface area contributed by atoms with Crippen LogP contribution in [0.1, 0.15) is 26.7 Å². The van der Waals surface area contributed by atoms with Crippen LogP contribution >= 0.6 is 0 Å². The first-order valence-electron chi connectivity index (χ1n) is 4.13. The van der Waals surface area contributed by atoms with Gasteiger partial charge in [-0.15, -0.1) is 0 Å². The summed E-state index contributed by atoms with van der Waals surface area (Å²) in [5.41, 5.74) is 0. The minimum absolute atomic E-state index is 0.0373. The lowest BCUT2D eigenvalue weighted by Crippen LogP contribution is -2.25. The second kappa shape index (κ2) is 7.06. The van der Waals surface area contributed by atoms with E-state index in [1.54, 1.807) is 0 Å². The van der Waals surface area contributed by atoms with E-state index in [1.165, 1.54) is 0 Å². The molecule has 0 aliphatic carbocycles. The Bertz CT molecular complexity index is 112. The number of aliphatic hydroxyl groups is 1. The zero-order chi connectivity index (χ0) is 9.40. The highest BCUT2D eigenvalue weighted by Crippen LogP contribution is 2.05. The average Bonchev–Trinajstić information content (AvgIpc) is 2.10. The van der Waals surface area contributed by atoms with E-state index in [4.69, 9.17) is 9.84 Å². The number of carbonyl (C=O) groups is 1. The SMILES string of the molecule is CCC(CC)OC(O)COC=O. The van der Waals surface area contributed by atoms with Crippen molar-refractivity contribution < 1.29 is 19.4 Å². The molecule has 4 heteroatoms. The fraction of sp³-hybridized carbons (Fsp3) is 0.875. The molecule has 0 amide bonds. The van der Waals surface area contributed by atoms with Crippen LogP contribution in [0, 0.1) is 0 Å². The van der Waals surface area contributed by atoms with Crippen LogP contribution in [-0.4, -0.2) is 30.6 Å². The molecule has 0 bridgehead atoms. The molecule has 1 unspecified atom stereocenters. The van der Waals surface area contributed by atoms with E-state index >= 15 is 0 Å². The third-order valence-corrected chi connectivity index (χ3v) is 1.57. The Labute approximate surface area is 72.5 Å². The summed E-state index contributed by atoms with van der Waals surface area (Å²) in [7, 11) is 0. The van der Waals surface area contributed by atoms with Crippen molar-refractivity contribution in [3.05, 3.63) is 0 Å². The molecule has 1 N–H and O–H groups in total. The van der Waals surface area contributed by atoms with Crippen molar-refractivity contribution in [3.8, 4) is 0 Å². The Morgan fingerprint density at radius 2 is 2.00 bits per heavy atom. The highest BCUT2D eigenvalue weighted by molar-refractivity contribution is 5.36. The van der Waals surface area contributed by atoms with Crippen LogP contribution in [0.2, 0.25) is 0 Å². The zero-order valence-corrected chi connectivity index (χ0v) is 7.53. The summed E-state index contributed by atoms with van der Waals surface area (Å²) in [6, 6.07) is 0. The van der Waals surface area contributed by atoms with Gasteiger partial charge in [0, 0.05) is 0 Å². The molecule has 0 aliphatic rings. The van der Waals surface area contributed by atoms with Gasteiger partial charge in [0.15, 0.2) is 6.29 Å². The first kappa shape index (κ1) is 11.4. The number of carbonyl (C=O) groups excluding carboxylic acids is 1. The molecular formula is C8H16O4. The minimum Gasteiger partial charge on any atom is -0.462 e. The van der Waals surface area contributed by atoms with Crippen molar-refractivity contribution >= 4 is 6.47 Å². The summed E-state index contributed by atoms with van der Waals surface area (Å²) in [4.78, 5) is 9.75. The molecule has 0 radical (unpaired) electrons. The van der Waals surface area contributed by atoms with Gasteiger partial charge in [0.25, 0.3) is 6.47 Å². The maximum atomic E-state index is 9.75. The molecule has 72 valence electrons. The molecule has 0 aromatic rings. The Balaban J connectivity index is 3.50. The van der Waals surface area contributed by atoms with Gasteiger partial charge in [-0.2, -0.15) is 0 Å². The van der Waals surface area contributed by atoms with E-state index in [0.717, 1.165) is 12.8 Å². The summed E-state index contributed by atoms with van der Waals surface area (Å²) >= 11 is 0. The Hall–Kier alpha value is -0.610. The molecular weight excluding hydrogens is 160 g/mol. The molecule has 0 rings (SSSR count). The molecule has 0 saturated carbocycles. The first-order chi connectivity index (χ1) is 5.74. The lowest BCUT2D eigenvalue weighted by Gasteiger charge is -2.17. The number of aliphatic hydroxyl groups excluding tert-OH is 1. The summed E-state index contributed by atoms with van der Waals surface area (Å²) in [5.74, 6) is 0. The van der Waals surface area contributed by atoms with Gasteiger partial charge in [0.1, 0.15) is 6.61 Å². The van der Waals surface area contributed by atoms with E-state index < -0.39 is 6.29 Å². The summed E-state index contributed by atoms with van der Waals surface area (Å²) in [6.45, 7) is 4.14. The van der Waals surface area contributed by atoms with Crippen LogP contribution in [0.4, 0.5) is 0 Å². The van der Waals surface area contributed by atoms with Gasteiger partial charge in [-0.05, 0) is 12.8 Å². The van der Waals surface area contributed by atoms with Crippen molar-refractivity contribution in [1.82, 2.24) is 0 Å². The molecule has 12 heavy (non-hydrogen) atoms. The first-order valence-corrected chi connectivity index (χ1v) is 4.13. The average molecular weight is 176 g/mol. The van der Waals surface area contributed by atoms with Crippen LogP contribution in [0.25, 0.3) is 0 Å². The third kappa shape index (κ3) is 5.09. The predicted octanol–water partition coefficient (Wildman–Crippen LogP) is 0.683. The van der Waals surface area contributed by atoms with Gasteiger partial charge < -0.3 is 14.6 Å². The predicted molar refractivity (Wildman–Crippen MR) is 43.5 cm³/mol. The van der Waals surface area contributed by atoms with E-state index in [-0.39, 0.29) is 12.7 Å². The summed E-state index contributed by atoms with van der Waals surface area (Å²) in [5, 5.41) is 9.11. The smallest absolute Gasteiger partial charge is 0.293 e. The molecule has 1 atom stereocenters.